The first-order valence-corrected chi connectivity index (χ1v) is 6.94. The van der Waals surface area contributed by atoms with Gasteiger partial charge in [-0.05, 0) is 18.2 Å². The predicted octanol–water partition coefficient (Wildman–Crippen LogP) is 2.08. The lowest BCUT2D eigenvalue weighted by Crippen LogP contribution is -2.44. The van der Waals surface area contributed by atoms with Gasteiger partial charge < -0.3 is 5.11 Å². The van der Waals surface area contributed by atoms with Crippen molar-refractivity contribution < 1.29 is 5.11 Å². The first-order chi connectivity index (χ1) is 8.25. The number of hydrogen-bond acceptors (Lipinski definition) is 4. The van der Waals surface area contributed by atoms with Crippen molar-refractivity contribution in [1.82, 2.24) is 12.9 Å². The molecule has 0 heterocycles. The van der Waals surface area contributed by atoms with Crippen LogP contribution >= 0.6 is 11.6 Å². The van der Waals surface area contributed by atoms with Gasteiger partial charge in [0, 0.05) is 47.3 Å². The first kappa shape index (κ1) is 17.5. The summed E-state index contributed by atoms with van der Waals surface area (Å²) in [6.07, 6.45) is 0. The number of benzene rings is 1. The Morgan fingerprint density at radius 2 is 1.39 bits per heavy atom. The van der Waals surface area contributed by atoms with Crippen molar-refractivity contribution in [3.05, 3.63) is 29.3 Å². The fourth-order valence-corrected chi connectivity index (χ4v) is 3.60. The molecule has 1 aromatic rings. The molecule has 0 bridgehead atoms. The van der Waals surface area contributed by atoms with Crippen LogP contribution in [-0.4, -0.2) is 60.3 Å². The molecule has 0 saturated heterocycles. The highest BCUT2D eigenvalue weighted by molar-refractivity contribution is 7.90. The van der Waals surface area contributed by atoms with E-state index in [0.29, 0.717) is 5.02 Å². The van der Waals surface area contributed by atoms with Crippen molar-refractivity contribution >= 4 is 23.1 Å². The minimum absolute atomic E-state index is 0.120. The summed E-state index contributed by atoms with van der Waals surface area (Å²) in [6, 6.07) is 6.46. The monoisotopic (exact) mass is 292 g/mol. The molecular formula is C12H23ClN3OS+. The highest BCUT2D eigenvalue weighted by atomic mass is 35.5. The van der Waals surface area contributed by atoms with Crippen molar-refractivity contribution in [2.75, 3.05) is 42.3 Å². The molecule has 1 aromatic carbocycles. The molecule has 18 heavy (non-hydrogen) atoms. The molecule has 6 heteroatoms. The van der Waals surface area contributed by atoms with Gasteiger partial charge in [0.15, 0.2) is 0 Å². The molecule has 0 amide bonds. The number of phenolic OH excluding ortho intramolecular Hbond substituents is 1. The maximum Gasteiger partial charge on any atom is 0.266 e. The van der Waals surface area contributed by atoms with Gasteiger partial charge in [0.05, 0.1) is 0 Å². The van der Waals surface area contributed by atoms with Crippen LogP contribution in [-0.2, 0) is 11.5 Å². The van der Waals surface area contributed by atoms with Gasteiger partial charge >= 0.3 is 0 Å². The fourth-order valence-electron chi connectivity index (χ4n) is 1.46. The smallest absolute Gasteiger partial charge is 0.266 e. The van der Waals surface area contributed by atoms with E-state index in [4.69, 9.17) is 16.7 Å². The molecule has 0 fully saturated rings. The second-order valence-electron chi connectivity index (χ2n) is 4.16. The summed E-state index contributed by atoms with van der Waals surface area (Å²) in [4.78, 5) is 0. The summed E-state index contributed by atoms with van der Waals surface area (Å²) < 4.78 is 6.58. The van der Waals surface area contributed by atoms with E-state index in [1.54, 1.807) is 18.2 Å². The number of phenols is 1. The third-order valence-electron chi connectivity index (χ3n) is 1.79. The van der Waals surface area contributed by atoms with E-state index in [1.807, 2.05) is 0 Å². The van der Waals surface area contributed by atoms with E-state index in [-0.39, 0.29) is 17.2 Å². The molecule has 0 unspecified atom stereocenters. The Hall–Kier alpha value is -0.460. The Morgan fingerprint density at radius 1 is 0.944 bits per heavy atom. The molecule has 0 aliphatic carbocycles. The van der Waals surface area contributed by atoms with E-state index in [2.05, 4.69) is 55.2 Å². The number of halogens is 1. The van der Waals surface area contributed by atoms with Crippen LogP contribution < -0.4 is 0 Å². The van der Waals surface area contributed by atoms with Crippen molar-refractivity contribution in [3.8, 4) is 5.75 Å². The number of hydrogen-bond donors (Lipinski definition) is 1. The lowest BCUT2D eigenvalue weighted by Gasteiger charge is -2.20. The number of aromatic hydroxyl groups is 1. The molecule has 4 nitrogen and oxygen atoms in total. The van der Waals surface area contributed by atoms with Gasteiger partial charge in [-0.2, -0.15) is 0 Å². The minimum atomic E-state index is 0.120. The third kappa shape index (κ3) is 7.08. The third-order valence-corrected chi connectivity index (χ3v) is 3.98. The summed E-state index contributed by atoms with van der Waals surface area (Å²) >= 11 is 5.61. The number of nitrogens with zero attached hydrogens (tertiary/aromatic N) is 3. The Labute approximate surface area is 119 Å². The molecule has 0 radical (unpaired) electrons. The van der Waals surface area contributed by atoms with Crippen LogP contribution in [0.3, 0.4) is 0 Å². The standard InChI is InChI=1S/C6H5ClO.C6H18N3S/c7-5-2-1-3-6(8)4-5;1-7(2)10(8(3)4)9(5)6/h1-4,8H;1-6H3/q;+1. The highest BCUT2D eigenvalue weighted by Gasteiger charge is 2.29. The first-order valence-electron chi connectivity index (χ1n) is 5.46. The molecule has 0 saturated carbocycles. The second-order valence-corrected chi connectivity index (χ2v) is 7.28. The van der Waals surface area contributed by atoms with Gasteiger partial charge in [-0.15, -0.1) is 0 Å². The largest absolute Gasteiger partial charge is 0.508 e. The predicted molar refractivity (Wildman–Crippen MR) is 81.5 cm³/mol. The average molecular weight is 293 g/mol. The minimum Gasteiger partial charge on any atom is -0.508 e. The topological polar surface area (TPSA) is 30.0 Å². The van der Waals surface area contributed by atoms with Crippen LogP contribution in [0.1, 0.15) is 0 Å². The van der Waals surface area contributed by atoms with Crippen molar-refractivity contribution in [2.45, 2.75) is 0 Å². The molecule has 0 aliphatic rings. The number of rotatable bonds is 3. The molecule has 0 spiro atoms. The van der Waals surface area contributed by atoms with Gasteiger partial charge in [-0.1, -0.05) is 30.6 Å². The molecule has 104 valence electrons. The van der Waals surface area contributed by atoms with Gasteiger partial charge in [-0.25, -0.2) is 0 Å². The van der Waals surface area contributed by atoms with Crippen LogP contribution in [0.15, 0.2) is 24.3 Å². The molecular weight excluding hydrogens is 270 g/mol. The van der Waals surface area contributed by atoms with Crippen LogP contribution in [0.5, 0.6) is 5.75 Å². The van der Waals surface area contributed by atoms with Crippen molar-refractivity contribution in [2.24, 2.45) is 0 Å². The summed E-state index contributed by atoms with van der Waals surface area (Å²) in [6.45, 7) is 0. The molecule has 0 aromatic heterocycles. The zero-order chi connectivity index (χ0) is 14.3. The summed E-state index contributed by atoms with van der Waals surface area (Å²) in [5.41, 5.74) is 0. The lowest BCUT2D eigenvalue weighted by atomic mass is 10.3. The molecule has 1 rings (SSSR count). The maximum atomic E-state index is 8.73. The van der Waals surface area contributed by atoms with Crippen LogP contribution in [0, 0.1) is 0 Å². The fraction of sp³-hybridized carbons (Fsp3) is 0.500. The van der Waals surface area contributed by atoms with Gasteiger partial charge in [0.25, 0.3) is 11.5 Å². The Kier molecular flexibility index (Phi) is 8.39. The average Bonchev–Trinajstić information content (AvgIpc) is 2.15. The van der Waals surface area contributed by atoms with Gasteiger partial charge in [0.2, 0.25) is 0 Å². The van der Waals surface area contributed by atoms with Crippen LogP contribution in [0.4, 0.5) is 0 Å². The zero-order valence-electron chi connectivity index (χ0n) is 11.9. The van der Waals surface area contributed by atoms with Gasteiger partial charge in [-0.3, -0.25) is 0 Å². The SMILES string of the molecule is CN(C)[S+](N(C)C)N(C)C.Oc1cccc(Cl)c1. The summed E-state index contributed by atoms with van der Waals surface area (Å²) in [5.74, 6) is 0.206. The Morgan fingerprint density at radius 3 is 1.56 bits per heavy atom. The van der Waals surface area contributed by atoms with E-state index < -0.39 is 0 Å². The Bertz CT molecular complexity index is 312. The van der Waals surface area contributed by atoms with Crippen molar-refractivity contribution in [3.63, 3.8) is 0 Å². The summed E-state index contributed by atoms with van der Waals surface area (Å²) in [7, 11) is 12.5. The summed E-state index contributed by atoms with van der Waals surface area (Å²) in [5, 5.41) is 9.29. The van der Waals surface area contributed by atoms with Crippen LogP contribution in [0.25, 0.3) is 0 Å². The normalized spacial score (nSPS) is 11.1. The lowest BCUT2D eigenvalue weighted by molar-refractivity contribution is 0.475. The molecule has 0 aliphatic heterocycles. The van der Waals surface area contributed by atoms with Gasteiger partial charge in [0.1, 0.15) is 5.75 Å². The van der Waals surface area contributed by atoms with E-state index in [9.17, 15) is 0 Å². The second kappa shape index (κ2) is 8.61. The maximum absolute atomic E-state index is 8.73. The Balaban J connectivity index is 0.000000327. The molecule has 1 N–H and O–H groups in total. The van der Waals surface area contributed by atoms with Crippen LogP contribution in [0.2, 0.25) is 5.02 Å². The van der Waals surface area contributed by atoms with E-state index >= 15 is 0 Å². The highest BCUT2D eigenvalue weighted by Crippen LogP contribution is 2.14. The van der Waals surface area contributed by atoms with Crippen molar-refractivity contribution in [1.29, 1.82) is 0 Å². The van der Waals surface area contributed by atoms with E-state index in [1.165, 1.54) is 6.07 Å². The quantitative estimate of drug-likeness (QED) is 0.864. The molecule has 0 atom stereocenters. The van der Waals surface area contributed by atoms with E-state index in [0.717, 1.165) is 0 Å². The zero-order valence-corrected chi connectivity index (χ0v) is 13.5.